The van der Waals surface area contributed by atoms with E-state index in [0.29, 0.717) is 29.1 Å². The molecule has 2 saturated heterocycles. The predicted molar refractivity (Wildman–Crippen MR) is 195 cm³/mol. The molecular weight excluding hydrogens is 648 g/mol. The molecule has 7 rings (SSSR count). The van der Waals surface area contributed by atoms with Crippen molar-refractivity contribution in [1.29, 1.82) is 0 Å². The van der Waals surface area contributed by atoms with Crippen LogP contribution in [0.1, 0.15) is 31.0 Å². The van der Waals surface area contributed by atoms with Crippen LogP contribution in [0.4, 0.5) is 14.6 Å². The second-order valence-electron chi connectivity index (χ2n) is 13.1. The molecule has 11 heteroatoms. The number of amides is 1. The Bertz CT molecular complexity index is 2150. The summed E-state index contributed by atoms with van der Waals surface area (Å²) in [4.78, 5) is 36.0. The maximum atomic E-state index is 17.0. The molecule has 0 radical (unpaired) electrons. The number of carbonyl (C=O) groups is 1. The average molecular weight is 688 g/mol. The number of ether oxygens (including phenoxy) is 1. The Morgan fingerprint density at radius 1 is 1.02 bits per heavy atom. The first kappa shape index (κ1) is 34.0. The number of likely N-dealkylation sites (N-methyl/N-ethyl adjacent to an activating group) is 1. The summed E-state index contributed by atoms with van der Waals surface area (Å²) >= 11 is 0. The molecule has 0 spiro atoms. The first-order valence-electron chi connectivity index (χ1n) is 17.4. The average Bonchev–Trinajstić information content (AvgIpc) is 3.57. The van der Waals surface area contributed by atoms with Crippen LogP contribution in [0.25, 0.3) is 43.7 Å². The van der Waals surface area contributed by atoms with Crippen LogP contribution in [0.2, 0.25) is 0 Å². The molecule has 0 unspecified atom stereocenters. The van der Waals surface area contributed by atoms with Crippen LogP contribution < -0.4 is 9.64 Å². The van der Waals surface area contributed by atoms with E-state index in [9.17, 15) is 4.79 Å². The number of carbonyl (C=O) groups excluding carboxylic acids is 1. The fourth-order valence-corrected chi connectivity index (χ4v) is 7.30. The number of rotatable bonds is 9. The summed E-state index contributed by atoms with van der Waals surface area (Å²) < 4.78 is 38.4. The van der Waals surface area contributed by atoms with E-state index in [0.717, 1.165) is 53.8 Å². The molecule has 0 saturated carbocycles. The van der Waals surface area contributed by atoms with Gasteiger partial charge in [0, 0.05) is 48.9 Å². The number of halogens is 2. The molecule has 2 atom stereocenters. The van der Waals surface area contributed by atoms with Gasteiger partial charge in [-0.05, 0) is 73.0 Å². The third kappa shape index (κ3) is 6.84. The number of nitrogens with zero attached hydrogens (tertiary/aromatic N) is 7. The highest BCUT2D eigenvalue weighted by molar-refractivity contribution is 6.02. The minimum Gasteiger partial charge on any atom is -0.462 e. The van der Waals surface area contributed by atoms with Gasteiger partial charge in [-0.15, -0.1) is 0 Å². The van der Waals surface area contributed by atoms with Crippen LogP contribution >= 0.6 is 0 Å². The molecule has 9 nitrogen and oxygen atoms in total. The number of fused-ring (bicyclic) bond motifs is 2. The predicted octanol–water partition coefficient (Wildman–Crippen LogP) is 6.97. The van der Waals surface area contributed by atoms with Gasteiger partial charge in [0.15, 0.2) is 11.6 Å². The Labute approximate surface area is 296 Å². The van der Waals surface area contributed by atoms with Crippen LogP contribution in [0.15, 0.2) is 78.8 Å². The van der Waals surface area contributed by atoms with Crippen molar-refractivity contribution in [2.24, 2.45) is 0 Å². The summed E-state index contributed by atoms with van der Waals surface area (Å²) in [6.07, 6.45) is 5.48. The molecule has 3 aromatic carbocycles. The lowest BCUT2D eigenvalue weighted by Crippen LogP contribution is -2.56. The first-order chi connectivity index (χ1) is 24.9. The summed E-state index contributed by atoms with van der Waals surface area (Å²) in [6, 6.07) is 20.3. The van der Waals surface area contributed by atoms with Crippen molar-refractivity contribution in [3.05, 3.63) is 107 Å². The Hall–Kier alpha value is -5.47. The van der Waals surface area contributed by atoms with E-state index in [4.69, 9.17) is 16.3 Å². The second kappa shape index (κ2) is 14.8. The van der Waals surface area contributed by atoms with E-state index in [1.54, 1.807) is 24.3 Å². The lowest BCUT2D eigenvalue weighted by Gasteiger charge is -2.39. The number of anilines is 1. The van der Waals surface area contributed by atoms with Gasteiger partial charge in [0.2, 0.25) is 6.54 Å². The van der Waals surface area contributed by atoms with Crippen LogP contribution in [-0.2, 0) is 11.2 Å². The van der Waals surface area contributed by atoms with Gasteiger partial charge in [-0.2, -0.15) is 9.97 Å². The maximum absolute atomic E-state index is 17.0. The Morgan fingerprint density at radius 2 is 1.86 bits per heavy atom. The van der Waals surface area contributed by atoms with Gasteiger partial charge in [-0.1, -0.05) is 55.5 Å². The fraction of sp³-hybridized carbons (Fsp3) is 0.325. The third-order valence-electron chi connectivity index (χ3n) is 10.0. The summed E-state index contributed by atoms with van der Waals surface area (Å²) in [7, 11) is 2.06. The maximum Gasteiger partial charge on any atom is 0.319 e. The van der Waals surface area contributed by atoms with Gasteiger partial charge in [0.25, 0.3) is 5.91 Å². The molecule has 1 amide bonds. The van der Waals surface area contributed by atoms with Gasteiger partial charge in [-0.25, -0.2) is 15.4 Å². The van der Waals surface area contributed by atoms with Crippen molar-refractivity contribution in [3.63, 3.8) is 0 Å². The molecular formula is C40H39F2N7O2. The normalized spacial score (nSPS) is 18.4. The van der Waals surface area contributed by atoms with Crippen LogP contribution in [0, 0.1) is 12.4 Å². The topological polar surface area (TPSA) is 79.0 Å². The molecule has 260 valence electrons. The molecule has 51 heavy (non-hydrogen) atoms. The van der Waals surface area contributed by atoms with Gasteiger partial charge >= 0.3 is 6.01 Å². The Kier molecular flexibility index (Phi) is 9.86. The number of likely N-dealkylation sites (tertiary alicyclic amines) is 1. The summed E-state index contributed by atoms with van der Waals surface area (Å²) in [5, 5.41) is 2.52. The van der Waals surface area contributed by atoms with Gasteiger partial charge in [0.1, 0.15) is 24.0 Å². The molecule has 5 aromatic rings. The molecule has 2 aromatic heterocycles. The van der Waals surface area contributed by atoms with Gasteiger partial charge in [-0.3, -0.25) is 9.78 Å². The largest absolute Gasteiger partial charge is 0.462 e. The van der Waals surface area contributed by atoms with E-state index in [-0.39, 0.29) is 43.7 Å². The fourth-order valence-electron chi connectivity index (χ4n) is 7.30. The zero-order valence-corrected chi connectivity index (χ0v) is 28.7. The molecule has 4 heterocycles. The summed E-state index contributed by atoms with van der Waals surface area (Å²) in [5.74, 6) is -1.79. The molecule has 2 aliphatic rings. The number of benzene rings is 3. The zero-order chi connectivity index (χ0) is 35.5. The summed E-state index contributed by atoms with van der Waals surface area (Å²) in [5.41, 5.74) is 2.78. The molecule has 2 fully saturated rings. The van der Waals surface area contributed by atoms with Crippen molar-refractivity contribution >= 4 is 39.5 Å². The quantitative estimate of drug-likeness (QED) is 0.122. The van der Waals surface area contributed by atoms with E-state index < -0.39 is 23.6 Å². The van der Waals surface area contributed by atoms with E-state index in [1.807, 2.05) is 41.3 Å². The first-order valence-corrected chi connectivity index (χ1v) is 17.4. The Balaban J connectivity index is 1.27. The number of hydrogen-bond donors (Lipinski definition) is 0. The lowest BCUT2D eigenvalue weighted by atomic mass is 9.93. The van der Waals surface area contributed by atoms with Crippen molar-refractivity contribution in [3.8, 4) is 17.1 Å². The van der Waals surface area contributed by atoms with E-state index >= 15 is 8.78 Å². The monoisotopic (exact) mass is 687 g/mol. The standard InChI is InChI=1S/C40H39F2N7O2/c1-4-26-10-7-11-27-12-8-15-31(35(26)27)32-16-17-33-37(36(32)42)45-40(51-25-29-14-9-19-47(29)3)46-38(33)48-20-21-49(30(24-48)23-43-2)39(50)34(41)22-28-13-5-6-18-44-28/h5-8,10-13,15-18,22,29-30H,4,9,14,19-21,23-25H2,1,3H3/b34-22-/t29-,30-/m0/s1. The zero-order valence-electron chi connectivity index (χ0n) is 28.7. The highest BCUT2D eigenvalue weighted by Crippen LogP contribution is 2.38. The van der Waals surface area contributed by atoms with Crippen molar-refractivity contribution < 1.29 is 18.3 Å². The van der Waals surface area contributed by atoms with E-state index in [1.165, 1.54) is 11.1 Å². The van der Waals surface area contributed by atoms with Crippen molar-refractivity contribution in [2.75, 3.05) is 51.3 Å². The number of piperazine rings is 1. The Morgan fingerprint density at radius 3 is 2.61 bits per heavy atom. The highest BCUT2D eigenvalue weighted by atomic mass is 19.1. The summed E-state index contributed by atoms with van der Waals surface area (Å²) in [6.45, 7) is 11.6. The smallest absolute Gasteiger partial charge is 0.319 e. The van der Waals surface area contributed by atoms with Gasteiger partial charge in [0.05, 0.1) is 5.69 Å². The molecule has 2 aliphatic heterocycles. The number of pyridine rings is 1. The minimum atomic E-state index is -0.952. The van der Waals surface area contributed by atoms with E-state index in [2.05, 4.69) is 39.8 Å². The third-order valence-corrected chi connectivity index (χ3v) is 10.0. The second-order valence-corrected chi connectivity index (χ2v) is 13.1. The molecule has 0 bridgehead atoms. The minimum absolute atomic E-state index is 0.0428. The van der Waals surface area contributed by atoms with Crippen molar-refractivity contribution in [1.82, 2.24) is 24.8 Å². The number of aromatic nitrogens is 3. The molecule has 0 N–H and O–H groups in total. The number of aryl methyl sites for hydroxylation is 1. The molecule has 0 aliphatic carbocycles. The van der Waals surface area contributed by atoms with Crippen LogP contribution in [0.5, 0.6) is 6.01 Å². The van der Waals surface area contributed by atoms with Gasteiger partial charge < -0.3 is 24.3 Å². The SMILES string of the molecule is [C-]#[N+]C[C@H]1CN(c2nc(OC[C@@H]3CCCN3C)nc3c(F)c(-c4cccc5cccc(CC)c45)ccc23)CCN1C(=O)/C(F)=C/c1ccccn1. The van der Waals surface area contributed by atoms with Crippen molar-refractivity contribution in [2.45, 2.75) is 38.3 Å². The van der Waals surface area contributed by atoms with Crippen LogP contribution in [-0.4, -0.2) is 89.1 Å². The number of hydrogen-bond acceptors (Lipinski definition) is 7. The highest BCUT2D eigenvalue weighted by Gasteiger charge is 2.36. The van der Waals surface area contributed by atoms with Crippen LogP contribution in [0.3, 0.4) is 0 Å². The lowest BCUT2D eigenvalue weighted by molar-refractivity contribution is -0.130.